The summed E-state index contributed by atoms with van der Waals surface area (Å²) < 4.78 is 74.7. The molecule has 0 atom stereocenters. The minimum atomic E-state index is -4.20. The van der Waals surface area contributed by atoms with E-state index in [4.69, 9.17) is 17.6 Å². The number of aromatic nitrogens is 2. The van der Waals surface area contributed by atoms with Gasteiger partial charge < -0.3 is 20.1 Å². The Morgan fingerprint density at radius 3 is 1.82 bits per heavy atom. The van der Waals surface area contributed by atoms with Gasteiger partial charge in [-0.15, -0.1) is 24.0 Å². The van der Waals surface area contributed by atoms with Gasteiger partial charge in [-0.3, -0.25) is 8.37 Å². The van der Waals surface area contributed by atoms with Crippen molar-refractivity contribution in [1.29, 1.82) is 0 Å². The van der Waals surface area contributed by atoms with Crippen LogP contribution in [-0.2, 0) is 78.9 Å². The molecular weight excluding hydrogens is 1070 g/mol. The van der Waals surface area contributed by atoms with Crippen molar-refractivity contribution in [2.45, 2.75) is 19.6 Å². The number of aromatic hydroxyl groups is 3. The molecule has 1 radical (unpaired) electrons. The van der Waals surface area contributed by atoms with Crippen LogP contribution >= 0.6 is 24.1 Å². The van der Waals surface area contributed by atoms with Gasteiger partial charge in [-0.05, 0) is 89.6 Å². The van der Waals surface area contributed by atoms with Crippen LogP contribution < -0.4 is 0 Å². The van der Waals surface area contributed by atoms with Crippen LogP contribution in [0.1, 0.15) is 10.5 Å². The summed E-state index contributed by atoms with van der Waals surface area (Å²) in [5.74, 6) is -2.44. The van der Waals surface area contributed by atoms with E-state index in [1.165, 1.54) is 80.9 Å². The third kappa shape index (κ3) is 12.3. The average molecular weight is 1100 g/mol. The predicted molar refractivity (Wildman–Crippen MR) is 245 cm³/mol. The number of benzene rings is 6. The van der Waals surface area contributed by atoms with Crippen LogP contribution in [0.2, 0.25) is 0 Å². The number of phenolic OH excluding ortho intramolecular Hbond substituents is 2. The van der Waals surface area contributed by atoms with Gasteiger partial charge in [-0.2, -0.15) is 42.0 Å². The number of fused-ring (bicyclic) bond motifs is 2. The summed E-state index contributed by atoms with van der Waals surface area (Å²) in [6, 6.07) is 22.8. The van der Waals surface area contributed by atoms with Gasteiger partial charge >= 0.3 is 5.97 Å². The summed E-state index contributed by atoms with van der Waals surface area (Å²) in [6.07, 6.45) is 0. The van der Waals surface area contributed by atoms with Gasteiger partial charge in [0.15, 0.2) is 11.4 Å². The van der Waals surface area contributed by atoms with Crippen molar-refractivity contribution in [2.24, 2.45) is 30.7 Å². The van der Waals surface area contributed by atoms with Crippen molar-refractivity contribution in [3.05, 3.63) is 103 Å². The molecule has 7 aromatic rings. The van der Waals surface area contributed by atoms with E-state index >= 15 is 0 Å². The molecule has 0 saturated heterocycles. The average Bonchev–Trinajstić information content (AvgIpc) is 3.70. The molecule has 3 N–H and O–H groups in total. The van der Waals surface area contributed by atoms with Crippen LogP contribution in [0.4, 0.5) is 34.1 Å². The number of methoxy groups -OCH3 is 1. The van der Waals surface area contributed by atoms with Gasteiger partial charge in [0, 0.05) is 38.8 Å². The molecule has 0 saturated carbocycles. The number of rotatable bonds is 20. The summed E-state index contributed by atoms with van der Waals surface area (Å²) in [7, 11) is -2.66. The minimum absolute atomic E-state index is 0. The Bertz CT molecular complexity index is 3440. The van der Waals surface area contributed by atoms with Crippen LogP contribution in [0.3, 0.4) is 0 Å². The fourth-order valence-electron chi connectivity index (χ4n) is 6.15. The van der Waals surface area contributed by atoms with Crippen molar-refractivity contribution in [3.63, 3.8) is 0 Å². The first kappa shape index (κ1) is 53.9. The zero-order chi connectivity index (χ0) is 50.2. The fraction of sp³-hybridized carbons (Fsp3) is 0.122. The largest absolute Gasteiger partial charge is 0.506 e. The predicted octanol–water partition coefficient (Wildman–Crippen LogP) is 10.0. The van der Waals surface area contributed by atoms with Gasteiger partial charge in [0.05, 0.1) is 92.2 Å². The zero-order valence-corrected chi connectivity index (χ0v) is 41.0. The molecule has 0 aliphatic heterocycles. The van der Waals surface area contributed by atoms with E-state index in [9.17, 15) is 36.9 Å². The molecule has 25 nitrogen and oxygen atoms in total. The number of phenols is 2. The van der Waals surface area contributed by atoms with Crippen molar-refractivity contribution in [1.82, 2.24) is 9.78 Å². The van der Waals surface area contributed by atoms with E-state index < -0.39 is 49.2 Å². The molecule has 0 amide bonds. The SMILES string of the molecule is COOOSc1cc(S(=O)(=O)OC)c2cc(N=Nc3ccc(N=Nc4c(SOOOC)cc5ccc(N=Nc6c(C(=O)OC)nn(-c7ccc(S(=O)(=O)OC)cc7)c6O)cc5c4O)c(O)c3)ccc2c1.[Cu]. The second-order valence-electron chi connectivity index (χ2n) is 13.5. The number of hydrogen-bond acceptors (Lipinski definition) is 26. The maximum absolute atomic E-state index is 12.8. The number of ether oxygens (including phenoxy) is 1. The molecule has 0 aliphatic rings. The maximum atomic E-state index is 12.8. The van der Waals surface area contributed by atoms with Crippen LogP contribution in [0.5, 0.6) is 17.4 Å². The molecule has 6 aromatic carbocycles. The molecule has 0 spiro atoms. The van der Waals surface area contributed by atoms with Gasteiger partial charge in [0.1, 0.15) is 22.0 Å². The summed E-state index contributed by atoms with van der Waals surface area (Å²) in [6.45, 7) is 0. The molecule has 375 valence electrons. The molecule has 0 fully saturated rings. The zero-order valence-electron chi connectivity index (χ0n) is 36.8. The monoisotopic (exact) mass is 1100 g/mol. The van der Waals surface area contributed by atoms with Crippen molar-refractivity contribution in [3.8, 4) is 23.1 Å². The van der Waals surface area contributed by atoms with Gasteiger partial charge in [-0.1, -0.05) is 22.2 Å². The topological polar surface area (TPSA) is 321 Å². The number of nitrogens with zero attached hydrogens (tertiary/aromatic N) is 8. The van der Waals surface area contributed by atoms with Crippen molar-refractivity contribution in [2.75, 3.05) is 35.5 Å². The van der Waals surface area contributed by atoms with Crippen LogP contribution in [0, 0.1) is 0 Å². The first-order valence-electron chi connectivity index (χ1n) is 19.3. The molecule has 0 bridgehead atoms. The third-order valence-electron chi connectivity index (χ3n) is 9.41. The normalized spacial score (nSPS) is 12.2. The van der Waals surface area contributed by atoms with Crippen LogP contribution in [-0.4, -0.2) is 83.5 Å². The smallest absolute Gasteiger partial charge is 0.361 e. The van der Waals surface area contributed by atoms with E-state index in [-0.39, 0.29) is 82.4 Å². The molecule has 30 heteroatoms. The third-order valence-corrected chi connectivity index (χ3v) is 13.2. The van der Waals surface area contributed by atoms with Crippen LogP contribution in [0.25, 0.3) is 27.2 Å². The first-order chi connectivity index (χ1) is 33.6. The molecule has 71 heavy (non-hydrogen) atoms. The van der Waals surface area contributed by atoms with Crippen molar-refractivity contribution < 1.29 is 95.6 Å². The quantitative estimate of drug-likeness (QED) is 0.00933. The Morgan fingerprint density at radius 2 is 1.20 bits per heavy atom. The van der Waals surface area contributed by atoms with Crippen LogP contribution in [0.15, 0.2) is 147 Å². The Hall–Kier alpha value is -6.48. The Kier molecular flexibility index (Phi) is 17.9. The van der Waals surface area contributed by atoms with E-state index in [2.05, 4.69) is 59.8 Å². The summed E-state index contributed by atoms with van der Waals surface area (Å²) in [5.41, 5.74) is -0.348. The summed E-state index contributed by atoms with van der Waals surface area (Å²) in [5, 5.41) is 73.1. The van der Waals surface area contributed by atoms with Crippen molar-refractivity contribution >= 4 is 106 Å². The fourth-order valence-corrected chi connectivity index (χ4v) is 8.83. The number of carbonyl (C=O) groups is 1. The summed E-state index contributed by atoms with van der Waals surface area (Å²) >= 11 is 1.32. The summed E-state index contributed by atoms with van der Waals surface area (Å²) in [4.78, 5) is 21.8. The second kappa shape index (κ2) is 23.6. The molecule has 0 unspecified atom stereocenters. The standard InChI is InChI=1S/C41H34N8O17S4.Cu/c1-58-41(53)38-37(40(52)49(48-38)27-11-13-29(14-12-27)69(54,55)61-4)47-44-25-9-7-23-17-34(68-66-64-60-3)36(39(51)31(23)19-25)46-45-32-15-10-26(20-33(32)50)43-42-24-8-6-22-16-28(67-65-63-59-2)21-35(30(22)18-24)70(56,57)62-5;/h6-21,50-52H,1-5H3;. The van der Waals surface area contributed by atoms with Gasteiger partial charge in [0.25, 0.3) is 20.2 Å². The molecule has 7 rings (SSSR count). The number of hydrogen-bond donors (Lipinski definition) is 3. The number of azo groups is 3. The van der Waals surface area contributed by atoms with E-state index in [0.717, 1.165) is 26.0 Å². The van der Waals surface area contributed by atoms with Gasteiger partial charge in [-0.25, -0.2) is 14.6 Å². The molecular formula is C41H34CuN8O17S4. The number of carbonyl (C=O) groups excluding carboxylic acids is 1. The van der Waals surface area contributed by atoms with Gasteiger partial charge in [0.2, 0.25) is 11.6 Å². The molecule has 1 aromatic heterocycles. The molecule has 0 aliphatic carbocycles. The second-order valence-corrected chi connectivity index (χ2v) is 18.4. The number of esters is 1. The Balaban J connectivity index is 0.00000825. The Labute approximate surface area is 420 Å². The first-order valence-corrected chi connectivity index (χ1v) is 23.6. The van der Waals surface area contributed by atoms with E-state index in [1.54, 1.807) is 30.3 Å². The Morgan fingerprint density at radius 1 is 0.620 bits per heavy atom. The molecule has 1 heterocycles. The maximum Gasteiger partial charge on any atom is 0.361 e. The van der Waals surface area contributed by atoms with E-state index in [0.29, 0.717) is 39.8 Å². The van der Waals surface area contributed by atoms with E-state index in [1.807, 2.05) is 0 Å². The minimum Gasteiger partial charge on any atom is -0.506 e.